The van der Waals surface area contributed by atoms with E-state index in [9.17, 15) is 13.6 Å². The number of nitrogens with zero attached hydrogens (tertiary/aromatic N) is 2. The third-order valence-electron chi connectivity index (χ3n) is 5.19. The summed E-state index contributed by atoms with van der Waals surface area (Å²) in [4.78, 5) is 19.4. The highest BCUT2D eigenvalue weighted by Crippen LogP contribution is 2.29. The smallest absolute Gasteiger partial charge is 0.159 e. The molecule has 0 radical (unpaired) electrons. The van der Waals surface area contributed by atoms with Crippen molar-refractivity contribution in [3.8, 4) is 11.3 Å². The molecule has 2 aliphatic heterocycles. The van der Waals surface area contributed by atoms with E-state index in [4.69, 9.17) is 4.74 Å². The van der Waals surface area contributed by atoms with Crippen LogP contribution < -0.4 is 0 Å². The van der Waals surface area contributed by atoms with Crippen molar-refractivity contribution >= 4 is 17.1 Å². The second kappa shape index (κ2) is 7.50. The molecule has 0 aliphatic carbocycles. The highest BCUT2D eigenvalue weighted by Gasteiger charge is 2.38. The SMILES string of the molecule is O=C(Cc1nc(-c2ccc(F)c(F)c2)cs1)[C@@H]1CCN1C1CCOCC1. The zero-order valence-electron chi connectivity index (χ0n) is 14.3. The summed E-state index contributed by atoms with van der Waals surface area (Å²) in [5, 5.41) is 2.50. The first-order chi connectivity index (χ1) is 12.6. The van der Waals surface area contributed by atoms with Crippen molar-refractivity contribution in [1.82, 2.24) is 9.88 Å². The predicted molar refractivity (Wildman–Crippen MR) is 95.1 cm³/mol. The standard InChI is InChI=1S/C19H20F2N2O2S/c20-14-2-1-12(9-15(14)21)16-11-26-19(22-16)10-18(24)17-3-6-23(17)13-4-7-25-8-5-13/h1-2,9,11,13,17H,3-8,10H2/t17-/m0/s1. The molecule has 1 aromatic carbocycles. The van der Waals surface area contributed by atoms with Crippen LogP contribution in [0.1, 0.15) is 24.3 Å². The molecular formula is C19H20F2N2O2S. The summed E-state index contributed by atoms with van der Waals surface area (Å²) in [7, 11) is 0. The first kappa shape index (κ1) is 17.7. The molecule has 2 fully saturated rings. The fourth-order valence-electron chi connectivity index (χ4n) is 3.65. The quantitative estimate of drug-likeness (QED) is 0.799. The summed E-state index contributed by atoms with van der Waals surface area (Å²) in [6.45, 7) is 2.51. The molecule has 0 bridgehead atoms. The van der Waals surface area contributed by atoms with Crippen molar-refractivity contribution in [3.05, 3.63) is 40.2 Å². The van der Waals surface area contributed by atoms with Gasteiger partial charge in [-0.2, -0.15) is 0 Å². The Hall–Kier alpha value is -1.70. The normalized spacial score (nSPS) is 21.5. The number of rotatable bonds is 5. The Balaban J connectivity index is 1.40. The number of thiazole rings is 1. The molecule has 0 spiro atoms. The molecule has 0 saturated carbocycles. The number of likely N-dealkylation sites (tertiary alicyclic amines) is 1. The molecule has 2 aromatic rings. The number of hydrogen-bond acceptors (Lipinski definition) is 5. The molecule has 0 N–H and O–H groups in total. The number of carbonyl (C=O) groups excluding carboxylic acids is 1. The van der Waals surface area contributed by atoms with Crippen LogP contribution in [0.2, 0.25) is 0 Å². The minimum atomic E-state index is -0.894. The largest absolute Gasteiger partial charge is 0.381 e. The highest BCUT2D eigenvalue weighted by atomic mass is 32.1. The van der Waals surface area contributed by atoms with Gasteiger partial charge in [-0.1, -0.05) is 0 Å². The van der Waals surface area contributed by atoms with Gasteiger partial charge in [0.15, 0.2) is 17.4 Å². The molecule has 2 aliphatic rings. The average molecular weight is 378 g/mol. The van der Waals surface area contributed by atoms with Gasteiger partial charge in [-0.15, -0.1) is 11.3 Å². The summed E-state index contributed by atoms with van der Waals surface area (Å²) in [5.74, 6) is -1.58. The Labute approximate surface area is 154 Å². The Morgan fingerprint density at radius 1 is 1.23 bits per heavy atom. The number of ketones is 1. The lowest BCUT2D eigenvalue weighted by molar-refractivity contribution is -0.131. The zero-order valence-corrected chi connectivity index (χ0v) is 15.1. The molecule has 1 aromatic heterocycles. The van der Waals surface area contributed by atoms with Crippen molar-refractivity contribution in [3.63, 3.8) is 0 Å². The van der Waals surface area contributed by atoms with Gasteiger partial charge in [0.25, 0.3) is 0 Å². The lowest BCUT2D eigenvalue weighted by Crippen LogP contribution is -2.58. The molecule has 26 heavy (non-hydrogen) atoms. The summed E-state index contributed by atoms with van der Waals surface area (Å²) in [5.41, 5.74) is 1.10. The summed E-state index contributed by atoms with van der Waals surface area (Å²) < 4.78 is 31.9. The maximum absolute atomic E-state index is 13.4. The minimum Gasteiger partial charge on any atom is -0.381 e. The Bertz CT molecular complexity index is 805. The predicted octanol–water partition coefficient (Wildman–Crippen LogP) is 3.45. The van der Waals surface area contributed by atoms with E-state index in [2.05, 4.69) is 9.88 Å². The summed E-state index contributed by atoms with van der Waals surface area (Å²) >= 11 is 1.38. The number of carbonyl (C=O) groups is 1. The number of Topliss-reactive ketones (excluding diaryl/α,β-unsaturated/α-hetero) is 1. The van der Waals surface area contributed by atoms with Crippen LogP contribution >= 0.6 is 11.3 Å². The average Bonchev–Trinajstić information content (AvgIpc) is 3.05. The van der Waals surface area contributed by atoms with E-state index >= 15 is 0 Å². The van der Waals surface area contributed by atoms with Crippen molar-refractivity contribution in [2.75, 3.05) is 19.8 Å². The van der Waals surface area contributed by atoms with E-state index < -0.39 is 11.6 Å². The lowest BCUT2D eigenvalue weighted by atomic mass is 9.91. The van der Waals surface area contributed by atoms with Crippen LogP contribution in [0.3, 0.4) is 0 Å². The van der Waals surface area contributed by atoms with Gasteiger partial charge in [0.1, 0.15) is 5.01 Å². The molecule has 3 heterocycles. The van der Waals surface area contributed by atoms with Gasteiger partial charge in [-0.05, 0) is 37.5 Å². The van der Waals surface area contributed by atoms with Crippen LogP contribution in [-0.2, 0) is 16.0 Å². The Kier molecular flexibility index (Phi) is 5.11. The monoisotopic (exact) mass is 378 g/mol. The number of hydrogen-bond donors (Lipinski definition) is 0. The summed E-state index contributed by atoms with van der Waals surface area (Å²) in [6.07, 6.45) is 3.17. The van der Waals surface area contributed by atoms with E-state index in [0.717, 1.165) is 51.2 Å². The molecule has 0 amide bonds. The van der Waals surface area contributed by atoms with Crippen molar-refractivity contribution in [2.45, 2.75) is 37.8 Å². The number of benzene rings is 1. The molecule has 2 saturated heterocycles. The van der Waals surface area contributed by atoms with Gasteiger partial charge < -0.3 is 4.74 Å². The zero-order chi connectivity index (χ0) is 18.1. The third-order valence-corrected chi connectivity index (χ3v) is 6.03. The second-order valence-electron chi connectivity index (χ2n) is 6.78. The van der Waals surface area contributed by atoms with Gasteiger partial charge in [-0.25, -0.2) is 13.8 Å². The molecule has 1 atom stereocenters. The van der Waals surface area contributed by atoms with Crippen molar-refractivity contribution in [1.29, 1.82) is 0 Å². The van der Waals surface area contributed by atoms with E-state index in [-0.39, 0.29) is 11.8 Å². The highest BCUT2D eigenvalue weighted by molar-refractivity contribution is 7.10. The van der Waals surface area contributed by atoms with Crippen LogP contribution in [0.25, 0.3) is 11.3 Å². The van der Waals surface area contributed by atoms with Gasteiger partial charge in [0.2, 0.25) is 0 Å². The van der Waals surface area contributed by atoms with Crippen LogP contribution in [0.15, 0.2) is 23.6 Å². The van der Waals surface area contributed by atoms with Crippen LogP contribution in [0, 0.1) is 11.6 Å². The molecule has 4 nitrogen and oxygen atoms in total. The fraction of sp³-hybridized carbons (Fsp3) is 0.474. The molecule has 4 rings (SSSR count). The molecule has 7 heteroatoms. The van der Waals surface area contributed by atoms with Crippen LogP contribution in [0.5, 0.6) is 0 Å². The Morgan fingerprint density at radius 2 is 2.04 bits per heavy atom. The maximum atomic E-state index is 13.4. The van der Waals surface area contributed by atoms with Crippen molar-refractivity contribution in [2.24, 2.45) is 0 Å². The third kappa shape index (κ3) is 3.56. The van der Waals surface area contributed by atoms with Gasteiger partial charge in [0.05, 0.1) is 18.2 Å². The summed E-state index contributed by atoms with van der Waals surface area (Å²) in [6, 6.07) is 4.15. The molecule has 138 valence electrons. The first-order valence-corrected chi connectivity index (χ1v) is 9.76. The molecular weight excluding hydrogens is 358 g/mol. The minimum absolute atomic E-state index is 0.0197. The maximum Gasteiger partial charge on any atom is 0.159 e. The fourth-order valence-corrected chi connectivity index (χ4v) is 4.47. The topological polar surface area (TPSA) is 42.4 Å². The lowest BCUT2D eigenvalue weighted by Gasteiger charge is -2.46. The van der Waals surface area contributed by atoms with E-state index in [1.807, 2.05) is 0 Å². The Morgan fingerprint density at radius 3 is 2.73 bits per heavy atom. The number of aromatic nitrogens is 1. The van der Waals surface area contributed by atoms with Gasteiger partial charge >= 0.3 is 0 Å². The van der Waals surface area contributed by atoms with Gasteiger partial charge in [0, 0.05) is 36.7 Å². The van der Waals surface area contributed by atoms with Crippen molar-refractivity contribution < 1.29 is 18.3 Å². The van der Waals surface area contributed by atoms with E-state index in [1.165, 1.54) is 17.4 Å². The van der Waals surface area contributed by atoms with Crippen LogP contribution in [-0.4, -0.2) is 47.5 Å². The van der Waals surface area contributed by atoms with E-state index in [1.54, 1.807) is 5.38 Å². The first-order valence-electron chi connectivity index (χ1n) is 8.88. The second-order valence-corrected chi connectivity index (χ2v) is 7.73. The molecule has 0 unspecified atom stereocenters. The number of halogens is 2. The van der Waals surface area contributed by atoms with Gasteiger partial charge in [-0.3, -0.25) is 9.69 Å². The number of ether oxygens (including phenoxy) is 1. The van der Waals surface area contributed by atoms with E-state index in [0.29, 0.717) is 28.7 Å². The van der Waals surface area contributed by atoms with Crippen LogP contribution in [0.4, 0.5) is 8.78 Å².